The van der Waals surface area contributed by atoms with E-state index < -0.39 is 0 Å². The van der Waals surface area contributed by atoms with Gasteiger partial charge in [-0.3, -0.25) is 9.78 Å². The molecule has 1 fully saturated rings. The zero-order valence-corrected chi connectivity index (χ0v) is 17.6. The van der Waals surface area contributed by atoms with Crippen LogP contribution >= 0.6 is 0 Å². The highest BCUT2D eigenvalue weighted by Crippen LogP contribution is 2.23. The van der Waals surface area contributed by atoms with Crippen LogP contribution in [0.4, 0.5) is 5.95 Å². The minimum Gasteiger partial charge on any atom is -0.341 e. The fourth-order valence-electron chi connectivity index (χ4n) is 4.30. The SMILES string of the molecule is CCCn1c(N2CCC[C@@H](N)C2)nc2cnn(Cc3ccc4ncccc4n3)c(=O)c21. The van der Waals surface area contributed by atoms with Gasteiger partial charge in [-0.25, -0.2) is 14.6 Å². The Morgan fingerprint density at radius 2 is 2.06 bits per heavy atom. The molecule has 4 aromatic rings. The first-order chi connectivity index (χ1) is 15.1. The minimum absolute atomic E-state index is 0.131. The van der Waals surface area contributed by atoms with Crippen LogP contribution in [-0.2, 0) is 13.1 Å². The number of hydrogen-bond acceptors (Lipinski definition) is 7. The number of aryl methyl sites for hydroxylation is 1. The van der Waals surface area contributed by atoms with E-state index in [1.54, 1.807) is 12.4 Å². The number of rotatable bonds is 5. The summed E-state index contributed by atoms with van der Waals surface area (Å²) in [6.07, 6.45) is 6.37. The van der Waals surface area contributed by atoms with Gasteiger partial charge in [-0.1, -0.05) is 6.92 Å². The number of nitrogens with zero attached hydrogens (tertiary/aromatic N) is 7. The maximum Gasteiger partial charge on any atom is 0.293 e. The predicted molar refractivity (Wildman–Crippen MR) is 120 cm³/mol. The zero-order valence-electron chi connectivity index (χ0n) is 17.6. The molecule has 0 aromatic carbocycles. The summed E-state index contributed by atoms with van der Waals surface area (Å²) < 4.78 is 3.50. The number of fused-ring (bicyclic) bond motifs is 2. The van der Waals surface area contributed by atoms with Crippen molar-refractivity contribution in [1.82, 2.24) is 29.3 Å². The third-order valence-corrected chi connectivity index (χ3v) is 5.74. The van der Waals surface area contributed by atoms with Crippen LogP contribution in [0.5, 0.6) is 0 Å². The second-order valence-electron chi connectivity index (χ2n) is 8.10. The molecular weight excluding hydrogens is 392 g/mol. The maximum absolute atomic E-state index is 13.4. The van der Waals surface area contributed by atoms with Crippen LogP contribution < -0.4 is 16.2 Å². The van der Waals surface area contributed by atoms with Crippen molar-refractivity contribution in [3.8, 4) is 0 Å². The Labute approximate surface area is 179 Å². The molecular formula is C22H26N8O. The fraction of sp³-hybridized carbons (Fsp3) is 0.409. The van der Waals surface area contributed by atoms with Crippen molar-refractivity contribution in [2.24, 2.45) is 5.73 Å². The summed E-state index contributed by atoms with van der Waals surface area (Å²) in [7, 11) is 0. The van der Waals surface area contributed by atoms with Gasteiger partial charge in [0.15, 0.2) is 0 Å². The Hall–Kier alpha value is -3.33. The monoisotopic (exact) mass is 418 g/mol. The van der Waals surface area contributed by atoms with E-state index in [0.717, 1.165) is 61.6 Å². The molecule has 1 aliphatic rings. The zero-order chi connectivity index (χ0) is 21.4. The number of aromatic nitrogens is 6. The third kappa shape index (κ3) is 3.65. The Morgan fingerprint density at radius 1 is 1.16 bits per heavy atom. The van der Waals surface area contributed by atoms with Gasteiger partial charge in [0.05, 0.1) is 29.5 Å². The van der Waals surface area contributed by atoms with E-state index in [1.165, 1.54) is 4.68 Å². The number of imidazole rings is 1. The van der Waals surface area contributed by atoms with E-state index in [9.17, 15) is 4.79 Å². The van der Waals surface area contributed by atoms with Crippen molar-refractivity contribution < 1.29 is 0 Å². The van der Waals surface area contributed by atoms with Crippen molar-refractivity contribution in [1.29, 1.82) is 0 Å². The molecule has 0 unspecified atom stereocenters. The molecule has 0 saturated carbocycles. The van der Waals surface area contributed by atoms with E-state index in [2.05, 4.69) is 26.9 Å². The molecule has 9 heteroatoms. The normalized spacial score (nSPS) is 17.0. The average molecular weight is 419 g/mol. The van der Waals surface area contributed by atoms with Gasteiger partial charge in [-0.15, -0.1) is 0 Å². The summed E-state index contributed by atoms with van der Waals surface area (Å²) in [5.74, 6) is 0.818. The summed E-state index contributed by atoms with van der Waals surface area (Å²) in [6, 6.07) is 7.70. The topological polar surface area (TPSA) is 108 Å². The lowest BCUT2D eigenvalue weighted by Gasteiger charge is -2.31. The molecule has 160 valence electrons. The van der Waals surface area contributed by atoms with Crippen LogP contribution in [0.2, 0.25) is 0 Å². The molecule has 1 saturated heterocycles. The predicted octanol–water partition coefficient (Wildman–Crippen LogP) is 1.92. The van der Waals surface area contributed by atoms with E-state index in [4.69, 9.17) is 10.7 Å². The van der Waals surface area contributed by atoms with Crippen LogP contribution in [0, 0.1) is 0 Å². The summed E-state index contributed by atoms with van der Waals surface area (Å²) in [5.41, 5.74) is 9.64. The van der Waals surface area contributed by atoms with E-state index in [-0.39, 0.29) is 11.6 Å². The van der Waals surface area contributed by atoms with Crippen molar-refractivity contribution >= 4 is 28.0 Å². The lowest BCUT2D eigenvalue weighted by atomic mass is 10.1. The van der Waals surface area contributed by atoms with Crippen LogP contribution in [0.1, 0.15) is 31.9 Å². The van der Waals surface area contributed by atoms with Crippen molar-refractivity contribution in [2.75, 3.05) is 18.0 Å². The van der Waals surface area contributed by atoms with Gasteiger partial charge in [-0.05, 0) is 43.5 Å². The summed E-state index contributed by atoms with van der Waals surface area (Å²) in [5, 5.41) is 4.39. The Kier molecular flexibility index (Phi) is 5.11. The molecule has 0 spiro atoms. The fourth-order valence-corrected chi connectivity index (χ4v) is 4.30. The van der Waals surface area contributed by atoms with Crippen molar-refractivity contribution in [2.45, 2.75) is 45.3 Å². The molecule has 5 heterocycles. The molecule has 5 rings (SSSR count). The highest BCUT2D eigenvalue weighted by molar-refractivity contribution is 5.77. The molecule has 0 bridgehead atoms. The average Bonchev–Trinajstić information content (AvgIpc) is 3.15. The van der Waals surface area contributed by atoms with Crippen LogP contribution in [-0.4, -0.2) is 48.4 Å². The van der Waals surface area contributed by atoms with Crippen LogP contribution in [0.15, 0.2) is 41.5 Å². The lowest BCUT2D eigenvalue weighted by Crippen LogP contribution is -2.44. The summed E-state index contributed by atoms with van der Waals surface area (Å²) in [4.78, 5) is 29.3. The smallest absolute Gasteiger partial charge is 0.293 e. The Bertz CT molecular complexity index is 1290. The number of nitrogens with two attached hydrogens (primary N) is 1. The standard InChI is InChI=1S/C22H26N8O/c1-2-10-29-20-19(27-22(29)28-11-4-5-15(23)13-28)12-25-30(21(20)31)14-16-7-8-17-18(26-16)6-3-9-24-17/h3,6-9,12,15H,2,4-5,10-11,13-14,23H2,1H3/t15-/m1/s1. The molecule has 1 atom stereocenters. The number of pyridine rings is 2. The number of hydrogen-bond donors (Lipinski definition) is 1. The van der Waals surface area contributed by atoms with E-state index in [1.807, 2.05) is 28.8 Å². The second-order valence-corrected chi connectivity index (χ2v) is 8.10. The van der Waals surface area contributed by atoms with E-state index in [0.29, 0.717) is 17.6 Å². The van der Waals surface area contributed by atoms with Crippen LogP contribution in [0.25, 0.3) is 22.1 Å². The number of piperidine rings is 1. The van der Waals surface area contributed by atoms with E-state index >= 15 is 0 Å². The summed E-state index contributed by atoms with van der Waals surface area (Å²) in [6.45, 7) is 4.77. The molecule has 0 aliphatic carbocycles. The molecule has 0 radical (unpaired) electrons. The molecule has 9 nitrogen and oxygen atoms in total. The van der Waals surface area contributed by atoms with Crippen molar-refractivity contribution in [3.63, 3.8) is 0 Å². The second kappa shape index (κ2) is 8.07. The molecule has 4 aromatic heterocycles. The Morgan fingerprint density at radius 3 is 2.90 bits per heavy atom. The lowest BCUT2D eigenvalue weighted by molar-refractivity contribution is 0.492. The first kappa shape index (κ1) is 19.6. The van der Waals surface area contributed by atoms with Gasteiger partial charge in [0, 0.05) is 31.9 Å². The largest absolute Gasteiger partial charge is 0.341 e. The third-order valence-electron chi connectivity index (χ3n) is 5.74. The summed E-state index contributed by atoms with van der Waals surface area (Å²) >= 11 is 0. The maximum atomic E-state index is 13.4. The van der Waals surface area contributed by atoms with Crippen molar-refractivity contribution in [3.05, 3.63) is 52.7 Å². The van der Waals surface area contributed by atoms with Gasteiger partial charge in [0.1, 0.15) is 11.0 Å². The van der Waals surface area contributed by atoms with Gasteiger partial charge >= 0.3 is 0 Å². The quantitative estimate of drug-likeness (QED) is 0.527. The highest BCUT2D eigenvalue weighted by Gasteiger charge is 2.24. The molecule has 2 N–H and O–H groups in total. The highest BCUT2D eigenvalue weighted by atomic mass is 16.1. The first-order valence-corrected chi connectivity index (χ1v) is 10.8. The molecule has 31 heavy (non-hydrogen) atoms. The molecule has 1 aliphatic heterocycles. The number of anilines is 1. The molecule has 0 amide bonds. The van der Waals surface area contributed by atoms with Gasteiger partial charge in [0.25, 0.3) is 5.56 Å². The van der Waals surface area contributed by atoms with Crippen LogP contribution in [0.3, 0.4) is 0 Å². The first-order valence-electron chi connectivity index (χ1n) is 10.8. The minimum atomic E-state index is -0.154. The Balaban J connectivity index is 1.56. The van der Waals surface area contributed by atoms with Gasteiger partial charge < -0.3 is 15.2 Å². The van der Waals surface area contributed by atoms with Gasteiger partial charge in [-0.2, -0.15) is 5.10 Å². The van der Waals surface area contributed by atoms with Gasteiger partial charge in [0.2, 0.25) is 5.95 Å².